The van der Waals surface area contributed by atoms with Crippen molar-refractivity contribution in [3.63, 3.8) is 0 Å². The summed E-state index contributed by atoms with van der Waals surface area (Å²) in [6.07, 6.45) is 2.52. The van der Waals surface area contributed by atoms with Crippen molar-refractivity contribution in [3.8, 4) is 0 Å². The van der Waals surface area contributed by atoms with Crippen LogP contribution in [0.25, 0.3) is 11.0 Å². The van der Waals surface area contributed by atoms with Gasteiger partial charge in [0.2, 0.25) is 0 Å². The number of fused-ring (bicyclic) bond motifs is 1. The van der Waals surface area contributed by atoms with Crippen molar-refractivity contribution in [2.24, 2.45) is 0 Å². The largest absolute Gasteiger partial charge is 0.458 e. The van der Waals surface area contributed by atoms with E-state index in [1.165, 1.54) is 23.8 Å². The zero-order valence-electron chi connectivity index (χ0n) is 10.2. The van der Waals surface area contributed by atoms with Gasteiger partial charge in [-0.2, -0.15) is 0 Å². The molecule has 0 bridgehead atoms. The Labute approximate surface area is 120 Å². The Hall–Kier alpha value is -0.510. The van der Waals surface area contributed by atoms with Crippen molar-refractivity contribution in [2.45, 2.75) is 32.2 Å². The fourth-order valence-electron chi connectivity index (χ4n) is 2.38. The van der Waals surface area contributed by atoms with Crippen LogP contribution in [0, 0.1) is 0 Å². The number of rotatable bonds is 4. The smallest absolute Gasteiger partial charge is 0.148 e. The first-order valence-corrected chi connectivity index (χ1v) is 7.48. The van der Waals surface area contributed by atoms with E-state index >= 15 is 0 Å². The first-order chi connectivity index (χ1) is 8.70. The van der Waals surface area contributed by atoms with E-state index in [0.717, 1.165) is 33.9 Å². The SMILES string of the molecule is CCNCc1oc2c(Br)cc(Cl)cc2c1C1CC1. The second kappa shape index (κ2) is 4.87. The lowest BCUT2D eigenvalue weighted by molar-refractivity contribution is 0.512. The monoisotopic (exact) mass is 327 g/mol. The number of hydrogen-bond acceptors (Lipinski definition) is 2. The topological polar surface area (TPSA) is 25.2 Å². The molecule has 0 aliphatic heterocycles. The average molecular weight is 329 g/mol. The third-order valence-electron chi connectivity index (χ3n) is 3.35. The maximum atomic E-state index is 6.15. The van der Waals surface area contributed by atoms with Gasteiger partial charge in [0.1, 0.15) is 11.3 Å². The second-order valence-electron chi connectivity index (χ2n) is 4.76. The van der Waals surface area contributed by atoms with Crippen molar-refractivity contribution >= 4 is 38.5 Å². The molecule has 0 atom stereocenters. The summed E-state index contributed by atoms with van der Waals surface area (Å²) in [5.41, 5.74) is 2.28. The van der Waals surface area contributed by atoms with Crippen LogP contribution in [0.5, 0.6) is 0 Å². The molecule has 1 fully saturated rings. The molecule has 1 aromatic carbocycles. The molecular weight excluding hydrogens is 314 g/mol. The molecule has 18 heavy (non-hydrogen) atoms. The van der Waals surface area contributed by atoms with Gasteiger partial charge in [-0.25, -0.2) is 0 Å². The van der Waals surface area contributed by atoms with E-state index in [9.17, 15) is 0 Å². The Bertz CT molecular complexity index is 589. The quantitative estimate of drug-likeness (QED) is 0.869. The molecule has 2 nitrogen and oxygen atoms in total. The second-order valence-corrected chi connectivity index (χ2v) is 6.05. The van der Waals surface area contributed by atoms with Crippen molar-refractivity contribution in [1.29, 1.82) is 0 Å². The third-order valence-corrected chi connectivity index (χ3v) is 4.15. The summed E-state index contributed by atoms with van der Waals surface area (Å²) < 4.78 is 6.96. The molecule has 0 unspecified atom stereocenters. The van der Waals surface area contributed by atoms with Gasteiger partial charge in [-0.1, -0.05) is 18.5 Å². The first-order valence-electron chi connectivity index (χ1n) is 6.31. The summed E-state index contributed by atoms with van der Waals surface area (Å²) in [5.74, 6) is 1.72. The molecule has 0 saturated heterocycles. The Morgan fingerprint density at radius 3 is 2.89 bits per heavy atom. The maximum absolute atomic E-state index is 6.15. The van der Waals surface area contributed by atoms with E-state index in [1.54, 1.807) is 0 Å². The minimum Gasteiger partial charge on any atom is -0.458 e. The van der Waals surface area contributed by atoms with Crippen molar-refractivity contribution in [3.05, 3.63) is 33.0 Å². The molecule has 1 aliphatic rings. The van der Waals surface area contributed by atoms with Crippen molar-refractivity contribution in [1.82, 2.24) is 5.32 Å². The summed E-state index contributed by atoms with van der Waals surface area (Å²) in [4.78, 5) is 0. The van der Waals surface area contributed by atoms with E-state index in [0.29, 0.717) is 5.92 Å². The fourth-order valence-corrected chi connectivity index (χ4v) is 3.27. The number of nitrogens with one attached hydrogen (secondary N) is 1. The van der Waals surface area contributed by atoms with Crippen LogP contribution in [-0.4, -0.2) is 6.54 Å². The fraction of sp³-hybridized carbons (Fsp3) is 0.429. The number of benzene rings is 1. The predicted octanol–water partition coefficient (Wildman–Crippen LogP) is 4.84. The predicted molar refractivity (Wildman–Crippen MR) is 78.3 cm³/mol. The van der Waals surface area contributed by atoms with E-state index in [1.807, 2.05) is 12.1 Å². The van der Waals surface area contributed by atoms with Crippen LogP contribution in [0.3, 0.4) is 0 Å². The summed E-state index contributed by atoms with van der Waals surface area (Å²) in [6, 6.07) is 3.91. The van der Waals surface area contributed by atoms with Gasteiger partial charge in [-0.3, -0.25) is 0 Å². The zero-order chi connectivity index (χ0) is 12.7. The Balaban J connectivity index is 2.16. The molecule has 1 saturated carbocycles. The van der Waals surface area contributed by atoms with E-state index in [2.05, 4.69) is 28.2 Å². The van der Waals surface area contributed by atoms with Gasteiger partial charge in [0.05, 0.1) is 11.0 Å². The highest BCUT2D eigenvalue weighted by Crippen LogP contribution is 2.47. The summed E-state index contributed by atoms with van der Waals surface area (Å²) >= 11 is 9.68. The molecule has 2 aromatic rings. The summed E-state index contributed by atoms with van der Waals surface area (Å²) in [7, 11) is 0. The molecule has 1 N–H and O–H groups in total. The standard InChI is InChI=1S/C14H15BrClNO/c1-2-17-7-12-13(8-3-4-8)10-5-9(16)6-11(15)14(10)18-12/h5-6,8,17H,2-4,7H2,1H3. The normalized spacial score (nSPS) is 15.5. The van der Waals surface area contributed by atoms with Gasteiger partial charge < -0.3 is 9.73 Å². The highest BCUT2D eigenvalue weighted by molar-refractivity contribution is 9.10. The molecule has 1 aromatic heterocycles. The van der Waals surface area contributed by atoms with Gasteiger partial charge in [0.15, 0.2) is 0 Å². The number of furan rings is 1. The highest BCUT2D eigenvalue weighted by Gasteiger charge is 2.31. The molecule has 96 valence electrons. The average Bonchev–Trinajstić information content (AvgIpc) is 3.09. The van der Waals surface area contributed by atoms with Crippen LogP contribution in [0.4, 0.5) is 0 Å². The first kappa shape index (κ1) is 12.5. The van der Waals surface area contributed by atoms with Crippen LogP contribution >= 0.6 is 27.5 Å². The van der Waals surface area contributed by atoms with Crippen LogP contribution in [0.1, 0.15) is 37.0 Å². The molecule has 0 spiro atoms. The third kappa shape index (κ3) is 2.20. The summed E-state index contributed by atoms with van der Waals surface area (Å²) in [6.45, 7) is 3.84. The molecular formula is C14H15BrClNO. The molecule has 4 heteroatoms. The number of hydrogen-bond donors (Lipinski definition) is 1. The van der Waals surface area contributed by atoms with Crippen molar-refractivity contribution in [2.75, 3.05) is 6.54 Å². The molecule has 3 rings (SSSR count). The minimum atomic E-state index is 0.658. The Kier molecular flexibility index (Phi) is 3.39. The zero-order valence-corrected chi connectivity index (χ0v) is 12.6. The van der Waals surface area contributed by atoms with Gasteiger partial charge in [-0.05, 0) is 53.4 Å². The lowest BCUT2D eigenvalue weighted by Gasteiger charge is -2.01. The van der Waals surface area contributed by atoms with Gasteiger partial charge in [0, 0.05) is 16.0 Å². The lowest BCUT2D eigenvalue weighted by atomic mass is 10.1. The summed E-state index contributed by atoms with van der Waals surface area (Å²) in [5, 5.41) is 5.27. The van der Waals surface area contributed by atoms with Gasteiger partial charge in [-0.15, -0.1) is 0 Å². The number of halogens is 2. The van der Waals surface area contributed by atoms with E-state index in [-0.39, 0.29) is 0 Å². The lowest BCUT2D eigenvalue weighted by Crippen LogP contribution is -2.12. The van der Waals surface area contributed by atoms with Crippen molar-refractivity contribution < 1.29 is 4.42 Å². The molecule has 0 amide bonds. The van der Waals surface area contributed by atoms with Gasteiger partial charge >= 0.3 is 0 Å². The highest BCUT2D eigenvalue weighted by atomic mass is 79.9. The molecule has 0 radical (unpaired) electrons. The molecule has 1 heterocycles. The Morgan fingerprint density at radius 2 is 2.22 bits per heavy atom. The van der Waals surface area contributed by atoms with Crippen LogP contribution in [0.2, 0.25) is 5.02 Å². The van der Waals surface area contributed by atoms with Crippen LogP contribution < -0.4 is 5.32 Å². The van der Waals surface area contributed by atoms with Crippen LogP contribution in [-0.2, 0) is 6.54 Å². The maximum Gasteiger partial charge on any atom is 0.148 e. The van der Waals surface area contributed by atoms with Gasteiger partial charge in [0.25, 0.3) is 0 Å². The van der Waals surface area contributed by atoms with E-state index in [4.69, 9.17) is 16.0 Å². The minimum absolute atomic E-state index is 0.658. The molecule has 1 aliphatic carbocycles. The van der Waals surface area contributed by atoms with Crippen LogP contribution in [0.15, 0.2) is 21.0 Å². The Morgan fingerprint density at radius 1 is 1.44 bits per heavy atom. The van der Waals surface area contributed by atoms with E-state index < -0.39 is 0 Å².